The summed E-state index contributed by atoms with van der Waals surface area (Å²) in [5, 5.41) is 2.63. The Bertz CT molecular complexity index is 1070. The highest BCUT2D eigenvalue weighted by Gasteiger charge is 2.41. The smallest absolute Gasteiger partial charge is 0.348 e. The highest BCUT2D eigenvalue weighted by atomic mass is 32.1. The highest BCUT2D eigenvalue weighted by molar-refractivity contribution is 7.18. The summed E-state index contributed by atoms with van der Waals surface area (Å²) in [6, 6.07) is 5.14. The maximum atomic E-state index is 12.9. The molecule has 0 saturated heterocycles. The van der Waals surface area contributed by atoms with Gasteiger partial charge in [-0.2, -0.15) is 0 Å². The molecule has 31 heavy (non-hydrogen) atoms. The van der Waals surface area contributed by atoms with Crippen LogP contribution in [0.5, 0.6) is 0 Å². The van der Waals surface area contributed by atoms with Crippen molar-refractivity contribution in [2.75, 3.05) is 19.0 Å². The molecule has 0 radical (unpaired) electrons. The first-order chi connectivity index (χ1) is 14.7. The number of carbonyl (C=O) groups excluding carboxylic acids is 5. The Kier molecular flexibility index (Phi) is 6.21. The molecule has 0 saturated carbocycles. The predicted octanol–water partition coefficient (Wildman–Crippen LogP) is 2.64. The third-order valence-corrected chi connectivity index (χ3v) is 6.01. The van der Waals surface area contributed by atoms with Gasteiger partial charge in [-0.15, -0.1) is 11.3 Å². The molecule has 0 bridgehead atoms. The van der Waals surface area contributed by atoms with Gasteiger partial charge in [-0.25, -0.2) is 9.59 Å². The van der Waals surface area contributed by atoms with E-state index in [1.165, 1.54) is 33.1 Å². The first-order valence-corrected chi connectivity index (χ1v) is 10.2. The summed E-state index contributed by atoms with van der Waals surface area (Å²) in [6.07, 6.45) is 0. The Hall–Kier alpha value is -3.53. The molecule has 1 N–H and O–H groups in total. The first kappa shape index (κ1) is 22.2. The van der Waals surface area contributed by atoms with E-state index in [1.54, 1.807) is 19.1 Å². The van der Waals surface area contributed by atoms with E-state index < -0.39 is 35.7 Å². The molecule has 0 aliphatic carbocycles. The molecular weight excluding hydrogens is 424 g/mol. The number of imide groups is 1. The quantitative estimate of drug-likeness (QED) is 0.537. The van der Waals surface area contributed by atoms with E-state index in [0.717, 1.165) is 16.2 Å². The predicted molar refractivity (Wildman–Crippen MR) is 111 cm³/mol. The number of ether oxygens (including phenoxy) is 2. The molecule has 9 nitrogen and oxygen atoms in total. The van der Waals surface area contributed by atoms with Gasteiger partial charge in [-0.05, 0) is 38.5 Å². The molecule has 3 amide bonds. The lowest BCUT2D eigenvalue weighted by Crippen LogP contribution is -2.45. The van der Waals surface area contributed by atoms with Crippen molar-refractivity contribution in [3.8, 4) is 0 Å². The lowest BCUT2D eigenvalue weighted by atomic mass is 10.1. The van der Waals surface area contributed by atoms with Crippen molar-refractivity contribution < 1.29 is 33.4 Å². The largest absolute Gasteiger partial charge is 0.465 e. The van der Waals surface area contributed by atoms with Crippen LogP contribution in [-0.2, 0) is 14.3 Å². The van der Waals surface area contributed by atoms with Crippen molar-refractivity contribution in [3.05, 3.63) is 51.4 Å². The summed E-state index contributed by atoms with van der Waals surface area (Å²) in [4.78, 5) is 63.7. The van der Waals surface area contributed by atoms with Crippen molar-refractivity contribution >= 4 is 46.0 Å². The molecule has 1 atom stereocenters. The molecular formula is C21H20N2O7S. The van der Waals surface area contributed by atoms with Gasteiger partial charge < -0.3 is 14.8 Å². The summed E-state index contributed by atoms with van der Waals surface area (Å²) in [7, 11) is 1.20. The molecule has 0 fully saturated rings. The van der Waals surface area contributed by atoms with Crippen molar-refractivity contribution in [2.45, 2.75) is 26.8 Å². The van der Waals surface area contributed by atoms with Crippen molar-refractivity contribution in [2.24, 2.45) is 0 Å². The number of esters is 2. The average molecular weight is 444 g/mol. The fraction of sp³-hybridized carbons (Fsp3) is 0.286. The van der Waals surface area contributed by atoms with Gasteiger partial charge in [0.1, 0.15) is 15.9 Å². The second-order valence-electron chi connectivity index (χ2n) is 6.66. The van der Waals surface area contributed by atoms with E-state index in [-0.39, 0.29) is 33.2 Å². The molecule has 0 spiro atoms. The Morgan fingerprint density at radius 2 is 1.68 bits per heavy atom. The second kappa shape index (κ2) is 8.68. The van der Waals surface area contributed by atoms with Crippen molar-refractivity contribution in [1.29, 1.82) is 0 Å². The summed E-state index contributed by atoms with van der Waals surface area (Å²) in [5.74, 6) is -3.23. The minimum absolute atomic E-state index is 0.0233. The maximum Gasteiger partial charge on any atom is 0.348 e. The molecule has 3 rings (SSSR count). The molecule has 1 aliphatic heterocycles. The SMILES string of the molecule is CCOC(=O)c1c(NC(=O)C(C)N2C(=O)c3ccccc3C2=O)sc(C(=O)OC)c1C. The van der Waals surface area contributed by atoms with E-state index in [9.17, 15) is 24.0 Å². The van der Waals surface area contributed by atoms with Crippen LogP contribution in [0.3, 0.4) is 0 Å². The lowest BCUT2D eigenvalue weighted by Gasteiger charge is -2.21. The summed E-state index contributed by atoms with van der Waals surface area (Å²) < 4.78 is 9.77. The van der Waals surface area contributed by atoms with Crippen LogP contribution in [0.2, 0.25) is 0 Å². The van der Waals surface area contributed by atoms with Crippen LogP contribution in [-0.4, -0.2) is 54.3 Å². The highest BCUT2D eigenvalue weighted by Crippen LogP contribution is 2.35. The second-order valence-corrected chi connectivity index (χ2v) is 7.68. The maximum absolute atomic E-state index is 12.9. The molecule has 1 unspecified atom stereocenters. The fourth-order valence-electron chi connectivity index (χ4n) is 3.23. The number of rotatable bonds is 6. The van der Waals surface area contributed by atoms with Crippen LogP contribution in [0.25, 0.3) is 0 Å². The molecule has 1 aliphatic rings. The molecule has 2 aromatic rings. The first-order valence-electron chi connectivity index (χ1n) is 9.39. The molecule has 162 valence electrons. The number of nitrogens with one attached hydrogen (secondary N) is 1. The third kappa shape index (κ3) is 3.81. The summed E-state index contributed by atoms with van der Waals surface area (Å²) >= 11 is 0.855. The summed E-state index contributed by atoms with van der Waals surface area (Å²) in [6.45, 7) is 4.67. The Morgan fingerprint density at radius 1 is 1.10 bits per heavy atom. The number of thiophene rings is 1. The zero-order chi connectivity index (χ0) is 22.9. The third-order valence-electron chi connectivity index (χ3n) is 4.83. The van der Waals surface area contributed by atoms with Gasteiger partial charge >= 0.3 is 11.9 Å². The number of fused-ring (bicyclic) bond motifs is 1. The molecule has 1 aromatic heterocycles. The van der Waals surface area contributed by atoms with Crippen LogP contribution in [0, 0.1) is 6.92 Å². The average Bonchev–Trinajstić information content (AvgIpc) is 3.21. The minimum atomic E-state index is -1.16. The monoisotopic (exact) mass is 444 g/mol. The zero-order valence-corrected chi connectivity index (χ0v) is 18.1. The normalized spacial score (nSPS) is 13.6. The van der Waals surface area contributed by atoms with Gasteiger partial charge in [0.15, 0.2) is 0 Å². The Balaban J connectivity index is 1.91. The zero-order valence-electron chi connectivity index (χ0n) is 17.3. The van der Waals surface area contributed by atoms with Crippen LogP contribution in [0.1, 0.15) is 60.2 Å². The van der Waals surface area contributed by atoms with Crippen molar-refractivity contribution in [1.82, 2.24) is 4.90 Å². The topological polar surface area (TPSA) is 119 Å². The number of benzene rings is 1. The van der Waals surface area contributed by atoms with Crippen molar-refractivity contribution in [3.63, 3.8) is 0 Å². The number of nitrogens with zero attached hydrogens (tertiary/aromatic N) is 1. The number of carbonyl (C=O) groups is 5. The summed E-state index contributed by atoms with van der Waals surface area (Å²) in [5.41, 5.74) is 0.771. The number of hydrogen-bond acceptors (Lipinski definition) is 8. The van der Waals surface area contributed by atoms with E-state index in [1.807, 2.05) is 0 Å². The van der Waals surface area contributed by atoms with Crippen LogP contribution >= 0.6 is 11.3 Å². The van der Waals surface area contributed by atoms with E-state index in [2.05, 4.69) is 5.32 Å². The fourth-order valence-corrected chi connectivity index (χ4v) is 4.35. The van der Waals surface area contributed by atoms with Gasteiger partial charge in [0.05, 0.1) is 30.4 Å². The Morgan fingerprint density at radius 3 is 2.19 bits per heavy atom. The van der Waals surface area contributed by atoms with E-state index in [0.29, 0.717) is 5.56 Å². The van der Waals surface area contributed by atoms with Crippen LogP contribution in [0.15, 0.2) is 24.3 Å². The van der Waals surface area contributed by atoms with E-state index in [4.69, 9.17) is 9.47 Å². The van der Waals surface area contributed by atoms with Crippen LogP contribution < -0.4 is 5.32 Å². The number of anilines is 1. The minimum Gasteiger partial charge on any atom is -0.465 e. The number of methoxy groups -OCH3 is 1. The van der Waals surface area contributed by atoms with E-state index >= 15 is 0 Å². The molecule has 10 heteroatoms. The standard InChI is InChI=1S/C21H20N2O7S/c1-5-30-20(27)14-10(2)15(21(28)29-4)31-17(14)22-16(24)11(3)23-18(25)12-8-6-7-9-13(12)19(23)26/h6-9,11H,5H2,1-4H3,(H,22,24). The Labute approximate surface area is 181 Å². The number of hydrogen-bond donors (Lipinski definition) is 1. The number of amides is 3. The molecule has 1 aromatic carbocycles. The van der Waals surface area contributed by atoms with Gasteiger partial charge in [-0.3, -0.25) is 19.3 Å². The van der Waals surface area contributed by atoms with Gasteiger partial charge in [0, 0.05) is 0 Å². The lowest BCUT2D eigenvalue weighted by molar-refractivity contribution is -0.119. The van der Waals surface area contributed by atoms with Gasteiger partial charge in [0.25, 0.3) is 11.8 Å². The van der Waals surface area contributed by atoms with Gasteiger partial charge in [0.2, 0.25) is 5.91 Å². The van der Waals surface area contributed by atoms with Gasteiger partial charge in [-0.1, -0.05) is 12.1 Å². The molecule has 2 heterocycles. The van der Waals surface area contributed by atoms with Crippen LogP contribution in [0.4, 0.5) is 5.00 Å².